The van der Waals surface area contributed by atoms with E-state index in [0.29, 0.717) is 10.6 Å². The maximum absolute atomic E-state index is 11.9. The maximum Gasteiger partial charge on any atom is 0.363 e. The molecule has 0 fully saturated rings. The van der Waals surface area contributed by atoms with Gasteiger partial charge in [0, 0.05) is 0 Å². The summed E-state index contributed by atoms with van der Waals surface area (Å²) in [7, 11) is 0. The van der Waals surface area contributed by atoms with Gasteiger partial charge in [0.25, 0.3) is 0 Å². The molecule has 22 heavy (non-hydrogen) atoms. The van der Waals surface area contributed by atoms with Gasteiger partial charge in [-0.1, -0.05) is 54.9 Å². The Bertz CT molecular complexity index is 776. The molecule has 0 saturated carbocycles. The van der Waals surface area contributed by atoms with Crippen molar-refractivity contribution in [2.45, 2.75) is 13.3 Å². The summed E-state index contributed by atoms with van der Waals surface area (Å²) < 4.78 is 5.22. The van der Waals surface area contributed by atoms with Crippen molar-refractivity contribution >= 4 is 29.5 Å². The number of hydrogen-bond donors (Lipinski definition) is 0. The number of rotatable bonds is 3. The number of carbonyl (C=O) groups excluding carboxylic acids is 1. The Kier molecular flexibility index (Phi) is 4.07. The highest BCUT2D eigenvalue weighted by molar-refractivity contribution is 6.34. The second kappa shape index (κ2) is 6.16. The van der Waals surface area contributed by atoms with Gasteiger partial charge in [-0.25, -0.2) is 9.79 Å². The Morgan fingerprint density at radius 2 is 1.86 bits per heavy atom. The Morgan fingerprint density at radius 3 is 2.55 bits per heavy atom. The quantitative estimate of drug-likeness (QED) is 0.628. The number of cyclic esters (lactones) is 1. The molecule has 0 aromatic heterocycles. The highest BCUT2D eigenvalue weighted by Gasteiger charge is 2.25. The molecule has 0 unspecified atom stereocenters. The lowest BCUT2D eigenvalue weighted by Gasteiger charge is -2.00. The standard InChI is InChI=1S/C18H14ClNO2/c1-2-12-7-9-13(10-8-12)11-16-18(21)22-17(20-16)14-5-3-4-6-15(14)19/h3-11H,2H2,1H3/b16-11-. The van der Waals surface area contributed by atoms with Crippen LogP contribution in [0.4, 0.5) is 0 Å². The van der Waals surface area contributed by atoms with Crippen LogP contribution < -0.4 is 0 Å². The Labute approximate surface area is 133 Å². The average Bonchev–Trinajstić information content (AvgIpc) is 2.89. The minimum Gasteiger partial charge on any atom is -0.402 e. The van der Waals surface area contributed by atoms with E-state index in [2.05, 4.69) is 11.9 Å². The second-order valence-corrected chi connectivity index (χ2v) is 5.32. The first-order valence-corrected chi connectivity index (χ1v) is 7.41. The lowest BCUT2D eigenvalue weighted by molar-refractivity contribution is -0.129. The summed E-state index contributed by atoms with van der Waals surface area (Å²) in [4.78, 5) is 16.2. The average molecular weight is 312 g/mol. The van der Waals surface area contributed by atoms with Gasteiger partial charge >= 0.3 is 5.97 Å². The molecule has 0 aliphatic carbocycles. The third-order valence-corrected chi connectivity index (χ3v) is 3.75. The molecule has 2 aromatic rings. The number of aliphatic imine (C=N–C) groups is 1. The van der Waals surface area contributed by atoms with E-state index in [1.165, 1.54) is 5.56 Å². The predicted molar refractivity (Wildman–Crippen MR) is 87.9 cm³/mol. The van der Waals surface area contributed by atoms with E-state index < -0.39 is 5.97 Å². The molecule has 110 valence electrons. The predicted octanol–water partition coefficient (Wildman–Crippen LogP) is 4.25. The van der Waals surface area contributed by atoms with E-state index in [9.17, 15) is 4.79 Å². The van der Waals surface area contributed by atoms with E-state index in [1.807, 2.05) is 36.4 Å². The SMILES string of the molecule is CCc1ccc(/C=C2\N=C(c3ccccc3Cl)OC2=O)cc1. The molecule has 4 heteroatoms. The molecule has 0 saturated heterocycles. The van der Waals surface area contributed by atoms with E-state index in [4.69, 9.17) is 16.3 Å². The van der Waals surface area contributed by atoms with Gasteiger partial charge < -0.3 is 4.74 Å². The first-order chi connectivity index (χ1) is 10.7. The summed E-state index contributed by atoms with van der Waals surface area (Å²) in [6, 6.07) is 15.1. The Balaban J connectivity index is 1.92. The van der Waals surface area contributed by atoms with Gasteiger partial charge in [0.15, 0.2) is 5.70 Å². The second-order valence-electron chi connectivity index (χ2n) is 4.91. The molecular weight excluding hydrogens is 298 g/mol. The van der Waals surface area contributed by atoms with Gasteiger partial charge in [-0.2, -0.15) is 0 Å². The van der Waals surface area contributed by atoms with E-state index in [1.54, 1.807) is 18.2 Å². The molecule has 0 bridgehead atoms. The third kappa shape index (κ3) is 2.95. The maximum atomic E-state index is 11.9. The summed E-state index contributed by atoms with van der Waals surface area (Å²) in [5, 5.41) is 0.502. The van der Waals surface area contributed by atoms with Crippen molar-refractivity contribution in [2.24, 2.45) is 4.99 Å². The number of benzene rings is 2. The number of ether oxygens (including phenoxy) is 1. The zero-order valence-corrected chi connectivity index (χ0v) is 12.8. The van der Waals surface area contributed by atoms with Gasteiger partial charge in [0.1, 0.15) is 0 Å². The Hall–Kier alpha value is -2.39. The van der Waals surface area contributed by atoms with Crippen molar-refractivity contribution in [3.8, 4) is 0 Å². The highest BCUT2D eigenvalue weighted by Crippen LogP contribution is 2.23. The summed E-state index contributed by atoms with van der Waals surface area (Å²) in [6.07, 6.45) is 2.69. The molecule has 0 atom stereocenters. The van der Waals surface area contributed by atoms with Gasteiger partial charge in [0.05, 0.1) is 10.6 Å². The third-order valence-electron chi connectivity index (χ3n) is 3.42. The topological polar surface area (TPSA) is 38.7 Å². The van der Waals surface area contributed by atoms with Crippen molar-refractivity contribution in [3.63, 3.8) is 0 Å². The number of esters is 1. The number of aryl methyl sites for hydroxylation is 1. The van der Waals surface area contributed by atoms with Crippen LogP contribution in [0.2, 0.25) is 5.02 Å². The van der Waals surface area contributed by atoms with E-state index in [0.717, 1.165) is 12.0 Å². The van der Waals surface area contributed by atoms with E-state index >= 15 is 0 Å². The molecule has 0 radical (unpaired) electrons. The fourth-order valence-corrected chi connectivity index (χ4v) is 2.38. The minimum absolute atomic E-state index is 0.243. The van der Waals surface area contributed by atoms with Crippen molar-refractivity contribution in [2.75, 3.05) is 0 Å². The molecule has 1 aliphatic heterocycles. The van der Waals surface area contributed by atoms with Crippen molar-refractivity contribution in [3.05, 3.63) is 75.9 Å². The van der Waals surface area contributed by atoms with Crippen LogP contribution in [-0.2, 0) is 16.0 Å². The van der Waals surface area contributed by atoms with Gasteiger partial charge in [-0.3, -0.25) is 0 Å². The first kappa shape index (κ1) is 14.5. The monoisotopic (exact) mass is 311 g/mol. The van der Waals surface area contributed by atoms with Crippen LogP contribution in [0.15, 0.2) is 59.2 Å². The number of carbonyl (C=O) groups is 1. The molecule has 3 rings (SSSR count). The summed E-state index contributed by atoms with van der Waals surface area (Å²) in [5.74, 6) is -0.221. The highest BCUT2D eigenvalue weighted by atomic mass is 35.5. The van der Waals surface area contributed by atoms with E-state index in [-0.39, 0.29) is 11.6 Å². The van der Waals surface area contributed by atoms with Crippen LogP contribution in [0.25, 0.3) is 6.08 Å². The van der Waals surface area contributed by atoms with Crippen LogP contribution in [0.3, 0.4) is 0 Å². The number of nitrogens with zero attached hydrogens (tertiary/aromatic N) is 1. The summed E-state index contributed by atoms with van der Waals surface area (Å²) >= 11 is 6.10. The van der Waals surface area contributed by atoms with Gasteiger partial charge in [-0.05, 0) is 35.8 Å². The van der Waals surface area contributed by atoms with Gasteiger partial charge in [0.2, 0.25) is 5.90 Å². The number of hydrogen-bond acceptors (Lipinski definition) is 3. The van der Waals surface area contributed by atoms with Crippen molar-refractivity contribution in [1.29, 1.82) is 0 Å². The zero-order chi connectivity index (χ0) is 15.5. The minimum atomic E-state index is -0.463. The first-order valence-electron chi connectivity index (χ1n) is 7.04. The number of halogens is 1. The molecule has 0 spiro atoms. The lowest BCUT2D eigenvalue weighted by Crippen LogP contribution is -2.05. The fraction of sp³-hybridized carbons (Fsp3) is 0.111. The van der Waals surface area contributed by atoms with Crippen LogP contribution in [0, 0.1) is 0 Å². The fourth-order valence-electron chi connectivity index (χ4n) is 2.17. The van der Waals surface area contributed by atoms with Crippen molar-refractivity contribution < 1.29 is 9.53 Å². The molecule has 0 amide bonds. The molecule has 1 aliphatic rings. The van der Waals surface area contributed by atoms with Crippen molar-refractivity contribution in [1.82, 2.24) is 0 Å². The molecule has 1 heterocycles. The molecule has 0 N–H and O–H groups in total. The zero-order valence-electron chi connectivity index (χ0n) is 12.0. The molecule has 2 aromatic carbocycles. The smallest absolute Gasteiger partial charge is 0.363 e. The summed E-state index contributed by atoms with van der Waals surface area (Å²) in [5.41, 5.74) is 3.05. The molecular formula is C18H14ClNO2. The summed E-state index contributed by atoms with van der Waals surface area (Å²) in [6.45, 7) is 2.10. The van der Waals surface area contributed by atoms with Crippen LogP contribution >= 0.6 is 11.6 Å². The largest absolute Gasteiger partial charge is 0.402 e. The molecule has 3 nitrogen and oxygen atoms in total. The van der Waals surface area contributed by atoms with Crippen LogP contribution in [0.5, 0.6) is 0 Å². The van der Waals surface area contributed by atoms with Crippen LogP contribution in [0.1, 0.15) is 23.6 Å². The normalized spacial score (nSPS) is 15.8. The van der Waals surface area contributed by atoms with Crippen LogP contribution in [-0.4, -0.2) is 11.9 Å². The lowest BCUT2D eigenvalue weighted by atomic mass is 10.1. The van der Waals surface area contributed by atoms with Gasteiger partial charge in [-0.15, -0.1) is 0 Å². The Morgan fingerprint density at radius 1 is 1.14 bits per heavy atom.